The van der Waals surface area contributed by atoms with Gasteiger partial charge in [-0.1, -0.05) is 19.9 Å². The maximum absolute atomic E-state index is 13.8. The van der Waals surface area contributed by atoms with E-state index >= 15 is 0 Å². The summed E-state index contributed by atoms with van der Waals surface area (Å²) in [6.45, 7) is 4.65. The fourth-order valence-electron chi connectivity index (χ4n) is 1.45. The van der Waals surface area contributed by atoms with Gasteiger partial charge in [-0.15, -0.1) is 12.4 Å². The van der Waals surface area contributed by atoms with E-state index in [0.29, 0.717) is 5.56 Å². The molecule has 0 unspecified atom stereocenters. The van der Waals surface area contributed by atoms with Crippen LogP contribution in [-0.4, -0.2) is 11.7 Å². The Bertz CT molecular complexity index is 396. The SMILES string of the molecule is Cc1ccc(F)c([C@@H](N)C(C)(C)CO)c1F.Cl. The molecule has 0 saturated heterocycles. The molecule has 1 aromatic rings. The van der Waals surface area contributed by atoms with Crippen molar-refractivity contribution in [1.82, 2.24) is 0 Å². The minimum absolute atomic E-state index is 0. The molecule has 1 aromatic carbocycles. The van der Waals surface area contributed by atoms with Crippen molar-refractivity contribution in [3.63, 3.8) is 0 Å². The summed E-state index contributed by atoms with van der Waals surface area (Å²) < 4.78 is 27.3. The van der Waals surface area contributed by atoms with Gasteiger partial charge in [0.1, 0.15) is 11.6 Å². The number of aryl methyl sites for hydroxylation is 1. The third kappa shape index (κ3) is 3.15. The maximum Gasteiger partial charge on any atom is 0.133 e. The number of aliphatic hydroxyl groups excluding tert-OH is 1. The van der Waals surface area contributed by atoms with Gasteiger partial charge in [-0.05, 0) is 18.6 Å². The van der Waals surface area contributed by atoms with Crippen molar-refractivity contribution in [2.75, 3.05) is 6.61 Å². The highest BCUT2D eigenvalue weighted by molar-refractivity contribution is 5.85. The van der Waals surface area contributed by atoms with Crippen molar-refractivity contribution < 1.29 is 13.9 Å². The van der Waals surface area contributed by atoms with Gasteiger partial charge in [0.15, 0.2) is 0 Å². The molecule has 0 heterocycles. The summed E-state index contributed by atoms with van der Waals surface area (Å²) in [5.41, 5.74) is 5.24. The van der Waals surface area contributed by atoms with Crippen molar-refractivity contribution in [2.45, 2.75) is 26.8 Å². The number of rotatable bonds is 3. The molecule has 0 aromatic heterocycles. The number of nitrogens with two attached hydrogens (primary N) is 1. The van der Waals surface area contributed by atoms with E-state index in [1.54, 1.807) is 20.8 Å². The predicted molar refractivity (Wildman–Crippen MR) is 66.1 cm³/mol. The van der Waals surface area contributed by atoms with Crippen LogP contribution in [0.2, 0.25) is 0 Å². The van der Waals surface area contributed by atoms with Crippen LogP contribution < -0.4 is 5.73 Å². The zero-order chi connectivity index (χ0) is 12.5. The van der Waals surface area contributed by atoms with E-state index in [2.05, 4.69) is 0 Å². The number of aliphatic hydroxyl groups is 1. The molecule has 1 rings (SSSR count). The molecule has 0 saturated carbocycles. The van der Waals surface area contributed by atoms with Crippen LogP contribution >= 0.6 is 12.4 Å². The first-order valence-electron chi connectivity index (χ1n) is 5.12. The van der Waals surface area contributed by atoms with Crippen LogP contribution in [-0.2, 0) is 0 Å². The van der Waals surface area contributed by atoms with Crippen molar-refractivity contribution in [2.24, 2.45) is 11.1 Å². The van der Waals surface area contributed by atoms with E-state index in [9.17, 15) is 8.78 Å². The second kappa shape index (κ2) is 5.76. The predicted octanol–water partition coefficient (Wildman–Crippen LogP) is 2.71. The monoisotopic (exact) mass is 265 g/mol. The van der Waals surface area contributed by atoms with E-state index in [0.717, 1.165) is 0 Å². The molecule has 0 aliphatic rings. The molecule has 0 bridgehead atoms. The van der Waals surface area contributed by atoms with Crippen molar-refractivity contribution >= 4 is 12.4 Å². The summed E-state index contributed by atoms with van der Waals surface area (Å²) in [5, 5.41) is 9.15. The van der Waals surface area contributed by atoms with Crippen LogP contribution in [0.15, 0.2) is 12.1 Å². The first kappa shape index (κ1) is 16.3. The van der Waals surface area contributed by atoms with Crippen LogP contribution in [0, 0.1) is 24.0 Å². The van der Waals surface area contributed by atoms with Gasteiger partial charge < -0.3 is 10.8 Å². The van der Waals surface area contributed by atoms with Gasteiger partial charge in [-0.2, -0.15) is 0 Å². The van der Waals surface area contributed by atoms with Crippen molar-refractivity contribution in [3.05, 3.63) is 34.9 Å². The summed E-state index contributed by atoms with van der Waals surface area (Å²) in [6, 6.07) is 1.69. The summed E-state index contributed by atoms with van der Waals surface area (Å²) in [7, 11) is 0. The average molecular weight is 266 g/mol. The molecule has 5 heteroatoms. The molecule has 2 nitrogen and oxygen atoms in total. The first-order valence-corrected chi connectivity index (χ1v) is 5.12. The zero-order valence-electron chi connectivity index (χ0n) is 10.1. The number of benzene rings is 1. The van der Waals surface area contributed by atoms with Crippen molar-refractivity contribution in [1.29, 1.82) is 0 Å². The molecule has 0 aliphatic heterocycles. The number of hydrogen-bond donors (Lipinski definition) is 2. The van der Waals surface area contributed by atoms with Crippen molar-refractivity contribution in [3.8, 4) is 0 Å². The van der Waals surface area contributed by atoms with Crippen LogP contribution in [0.1, 0.15) is 31.0 Å². The smallest absolute Gasteiger partial charge is 0.133 e. The van der Waals surface area contributed by atoms with Gasteiger partial charge in [0, 0.05) is 23.6 Å². The lowest BCUT2D eigenvalue weighted by Crippen LogP contribution is -2.34. The Balaban J connectivity index is 0.00000256. The molecule has 1 atom stereocenters. The summed E-state index contributed by atoms with van der Waals surface area (Å²) >= 11 is 0. The standard InChI is InChI=1S/C12H17F2NO.ClH/c1-7-4-5-8(13)9(10(7)14)11(15)12(2,3)6-16;/h4-5,11,16H,6,15H2,1-3H3;1H/t11-;/m1./s1. The Morgan fingerprint density at radius 2 is 1.88 bits per heavy atom. The van der Waals surface area contributed by atoms with E-state index in [1.165, 1.54) is 12.1 Å². The topological polar surface area (TPSA) is 46.2 Å². The highest BCUT2D eigenvalue weighted by Gasteiger charge is 2.31. The van der Waals surface area contributed by atoms with E-state index in [4.69, 9.17) is 10.8 Å². The summed E-state index contributed by atoms with van der Waals surface area (Å²) in [4.78, 5) is 0. The average Bonchev–Trinajstić information content (AvgIpc) is 2.24. The quantitative estimate of drug-likeness (QED) is 0.883. The number of halogens is 3. The fourth-order valence-corrected chi connectivity index (χ4v) is 1.45. The lowest BCUT2D eigenvalue weighted by atomic mass is 9.81. The molecule has 3 N–H and O–H groups in total. The largest absolute Gasteiger partial charge is 0.396 e. The Morgan fingerprint density at radius 3 is 2.35 bits per heavy atom. The van der Waals surface area contributed by atoms with Crippen LogP contribution in [0.25, 0.3) is 0 Å². The van der Waals surface area contributed by atoms with E-state index in [-0.39, 0.29) is 24.6 Å². The summed E-state index contributed by atoms with van der Waals surface area (Å²) in [6.07, 6.45) is 0. The van der Waals surface area contributed by atoms with Gasteiger partial charge in [0.05, 0.1) is 0 Å². The Hall–Kier alpha value is -0.710. The first-order chi connectivity index (χ1) is 7.31. The van der Waals surface area contributed by atoms with E-state index < -0.39 is 23.1 Å². The Labute approximate surface area is 106 Å². The minimum atomic E-state index is -0.877. The van der Waals surface area contributed by atoms with Gasteiger partial charge in [0.2, 0.25) is 0 Å². The second-order valence-electron chi connectivity index (χ2n) is 4.72. The third-order valence-electron chi connectivity index (χ3n) is 2.88. The molecule has 0 amide bonds. The van der Waals surface area contributed by atoms with E-state index in [1.807, 2.05) is 0 Å². The van der Waals surface area contributed by atoms with Gasteiger partial charge in [0.25, 0.3) is 0 Å². The minimum Gasteiger partial charge on any atom is -0.396 e. The zero-order valence-corrected chi connectivity index (χ0v) is 10.9. The summed E-state index contributed by atoms with van der Waals surface area (Å²) in [5.74, 6) is -1.30. The second-order valence-corrected chi connectivity index (χ2v) is 4.72. The highest BCUT2D eigenvalue weighted by atomic mass is 35.5. The van der Waals surface area contributed by atoms with Gasteiger partial charge in [-0.3, -0.25) is 0 Å². The molecule has 98 valence electrons. The van der Waals surface area contributed by atoms with Crippen LogP contribution in [0.3, 0.4) is 0 Å². The highest BCUT2D eigenvalue weighted by Crippen LogP contribution is 2.34. The molecule has 0 radical (unpaired) electrons. The Morgan fingerprint density at radius 1 is 1.35 bits per heavy atom. The maximum atomic E-state index is 13.8. The van der Waals surface area contributed by atoms with Crippen LogP contribution in [0.4, 0.5) is 8.78 Å². The van der Waals surface area contributed by atoms with Gasteiger partial charge in [-0.25, -0.2) is 8.78 Å². The molecule has 0 fully saturated rings. The molecular weight excluding hydrogens is 248 g/mol. The normalized spacial score (nSPS) is 13.1. The molecule has 0 spiro atoms. The molecule has 0 aliphatic carbocycles. The number of hydrogen-bond acceptors (Lipinski definition) is 2. The lowest BCUT2D eigenvalue weighted by molar-refractivity contribution is 0.129. The fraction of sp³-hybridized carbons (Fsp3) is 0.500. The van der Waals surface area contributed by atoms with Gasteiger partial charge >= 0.3 is 0 Å². The molecular formula is C12H18ClF2NO. The Kier molecular flexibility index (Phi) is 5.52. The lowest BCUT2D eigenvalue weighted by Gasteiger charge is -2.30. The van der Waals surface area contributed by atoms with Crippen LogP contribution in [0.5, 0.6) is 0 Å². The third-order valence-corrected chi connectivity index (χ3v) is 2.88. The molecule has 17 heavy (non-hydrogen) atoms.